The predicted molar refractivity (Wildman–Crippen MR) is 110 cm³/mol. The van der Waals surface area contributed by atoms with Crippen LogP contribution in [-0.2, 0) is 10.0 Å². The van der Waals surface area contributed by atoms with Crippen LogP contribution in [0.4, 0.5) is 5.82 Å². The highest BCUT2D eigenvalue weighted by molar-refractivity contribution is 7.91. The Hall–Kier alpha value is -1.65. The van der Waals surface area contributed by atoms with E-state index in [0.717, 1.165) is 22.6 Å². The van der Waals surface area contributed by atoms with Crippen LogP contribution in [0.3, 0.4) is 0 Å². The van der Waals surface area contributed by atoms with Crippen molar-refractivity contribution in [2.24, 2.45) is 0 Å². The highest BCUT2D eigenvalue weighted by Gasteiger charge is 2.30. The summed E-state index contributed by atoms with van der Waals surface area (Å²) in [5.74, 6) is 1.22. The Morgan fingerprint density at radius 3 is 2.46 bits per heavy atom. The molecular formula is C17H16Cl2N4O3S2. The number of hydrogen-bond donors (Lipinski definition) is 0. The normalized spacial score (nSPS) is 15.9. The quantitative estimate of drug-likeness (QED) is 0.589. The molecule has 28 heavy (non-hydrogen) atoms. The van der Waals surface area contributed by atoms with Gasteiger partial charge in [-0.1, -0.05) is 28.4 Å². The molecule has 0 N–H and O–H groups in total. The van der Waals surface area contributed by atoms with E-state index in [1.54, 1.807) is 18.3 Å². The van der Waals surface area contributed by atoms with Crippen molar-refractivity contribution in [3.05, 3.63) is 45.5 Å². The van der Waals surface area contributed by atoms with Crippen LogP contribution in [0.5, 0.6) is 0 Å². The van der Waals surface area contributed by atoms with Gasteiger partial charge < -0.3 is 9.42 Å². The van der Waals surface area contributed by atoms with E-state index in [-0.39, 0.29) is 4.21 Å². The second-order valence-electron chi connectivity index (χ2n) is 6.31. The van der Waals surface area contributed by atoms with E-state index in [2.05, 4.69) is 10.1 Å². The Labute approximate surface area is 176 Å². The molecule has 0 spiro atoms. The molecule has 11 heteroatoms. The molecular weight excluding hydrogens is 443 g/mol. The van der Waals surface area contributed by atoms with Gasteiger partial charge in [-0.15, -0.1) is 11.3 Å². The molecule has 1 saturated heterocycles. The van der Waals surface area contributed by atoms with E-state index in [0.29, 0.717) is 47.1 Å². The lowest BCUT2D eigenvalue weighted by Gasteiger charge is -2.34. The molecule has 1 aliphatic heterocycles. The van der Waals surface area contributed by atoms with Gasteiger partial charge in [-0.05, 0) is 25.1 Å². The maximum atomic E-state index is 12.7. The molecule has 0 bridgehead atoms. The molecule has 3 aromatic heterocycles. The third-order valence-electron chi connectivity index (χ3n) is 4.42. The molecule has 1 aliphatic rings. The number of sulfonamides is 1. The summed E-state index contributed by atoms with van der Waals surface area (Å²) in [5, 5.41) is 4.35. The molecule has 0 aromatic carbocycles. The molecule has 148 valence electrons. The number of hydrogen-bond acceptors (Lipinski definition) is 7. The van der Waals surface area contributed by atoms with Gasteiger partial charge in [0.05, 0.1) is 15.1 Å². The summed E-state index contributed by atoms with van der Waals surface area (Å²) >= 11 is 13.4. The van der Waals surface area contributed by atoms with Crippen LogP contribution in [-0.4, -0.2) is 49.0 Å². The van der Waals surface area contributed by atoms with Crippen molar-refractivity contribution in [1.82, 2.24) is 14.4 Å². The van der Waals surface area contributed by atoms with Crippen molar-refractivity contribution in [1.29, 1.82) is 0 Å². The first kappa shape index (κ1) is 19.7. The summed E-state index contributed by atoms with van der Waals surface area (Å²) in [5.41, 5.74) is 1.52. The Morgan fingerprint density at radius 2 is 1.89 bits per heavy atom. The topological polar surface area (TPSA) is 79.5 Å². The van der Waals surface area contributed by atoms with Gasteiger partial charge in [-0.2, -0.15) is 4.31 Å². The molecule has 0 radical (unpaired) electrons. The van der Waals surface area contributed by atoms with E-state index in [1.807, 2.05) is 17.9 Å². The third kappa shape index (κ3) is 3.77. The maximum absolute atomic E-state index is 12.7. The van der Waals surface area contributed by atoms with Crippen LogP contribution in [0, 0.1) is 6.92 Å². The molecule has 3 aromatic rings. The highest BCUT2D eigenvalue weighted by atomic mass is 35.5. The molecule has 4 heterocycles. The minimum absolute atomic E-state index is 0.258. The fourth-order valence-corrected chi connectivity index (χ4v) is 6.35. The Balaban J connectivity index is 1.48. The van der Waals surface area contributed by atoms with Gasteiger partial charge in [0.2, 0.25) is 0 Å². The van der Waals surface area contributed by atoms with Gasteiger partial charge in [0.1, 0.15) is 10.0 Å². The van der Waals surface area contributed by atoms with Gasteiger partial charge in [-0.3, -0.25) is 0 Å². The minimum atomic E-state index is -3.53. The number of anilines is 1. The fraction of sp³-hybridized carbons (Fsp3) is 0.294. The molecule has 0 aliphatic carbocycles. The first-order valence-corrected chi connectivity index (χ1v) is 11.5. The van der Waals surface area contributed by atoms with Crippen LogP contribution >= 0.6 is 34.5 Å². The van der Waals surface area contributed by atoms with Crippen molar-refractivity contribution in [2.75, 3.05) is 31.1 Å². The summed E-state index contributed by atoms with van der Waals surface area (Å²) in [6.07, 6.45) is 1.68. The monoisotopic (exact) mass is 458 g/mol. The molecule has 0 atom stereocenters. The van der Waals surface area contributed by atoms with Crippen molar-refractivity contribution in [3.63, 3.8) is 0 Å². The van der Waals surface area contributed by atoms with Crippen LogP contribution < -0.4 is 4.90 Å². The Bertz CT molecular complexity index is 1110. The number of piperazine rings is 1. The predicted octanol–water partition coefficient (Wildman–Crippen LogP) is 3.92. The SMILES string of the molecule is Cc1cc(-c2cnc(N3CCN(S(=O)(=O)c4ccc(Cl)s4)CC3)c(Cl)c2)on1. The maximum Gasteiger partial charge on any atom is 0.252 e. The average molecular weight is 459 g/mol. The van der Waals surface area contributed by atoms with Gasteiger partial charge >= 0.3 is 0 Å². The van der Waals surface area contributed by atoms with Crippen LogP contribution in [0.15, 0.2) is 39.2 Å². The van der Waals surface area contributed by atoms with Crippen LogP contribution in [0.2, 0.25) is 9.36 Å². The number of aryl methyl sites for hydroxylation is 1. The Morgan fingerprint density at radius 1 is 1.14 bits per heavy atom. The van der Waals surface area contributed by atoms with Crippen LogP contribution in [0.25, 0.3) is 11.3 Å². The van der Waals surface area contributed by atoms with Crippen LogP contribution in [0.1, 0.15) is 5.69 Å². The number of aromatic nitrogens is 2. The molecule has 7 nitrogen and oxygen atoms in total. The van der Waals surface area contributed by atoms with E-state index < -0.39 is 10.0 Å². The van der Waals surface area contributed by atoms with Gasteiger partial charge in [0, 0.05) is 44.0 Å². The number of rotatable bonds is 4. The molecule has 0 amide bonds. The van der Waals surface area contributed by atoms with Gasteiger partial charge in [0.25, 0.3) is 10.0 Å². The largest absolute Gasteiger partial charge is 0.356 e. The minimum Gasteiger partial charge on any atom is -0.356 e. The van der Waals surface area contributed by atoms with Gasteiger partial charge in [0.15, 0.2) is 5.76 Å². The summed E-state index contributed by atoms with van der Waals surface area (Å²) in [7, 11) is -3.53. The number of pyridine rings is 1. The zero-order chi connectivity index (χ0) is 19.9. The van der Waals surface area contributed by atoms with Crippen molar-refractivity contribution < 1.29 is 12.9 Å². The second-order valence-corrected chi connectivity index (χ2v) is 10.6. The Kier molecular flexibility index (Phi) is 5.36. The summed E-state index contributed by atoms with van der Waals surface area (Å²) in [4.78, 5) is 6.44. The number of thiophene rings is 1. The lowest BCUT2D eigenvalue weighted by molar-refractivity contribution is 0.385. The molecule has 0 unspecified atom stereocenters. The van der Waals surface area contributed by atoms with Crippen molar-refractivity contribution in [3.8, 4) is 11.3 Å². The fourth-order valence-electron chi connectivity index (χ4n) is 3.00. The zero-order valence-electron chi connectivity index (χ0n) is 14.8. The first-order chi connectivity index (χ1) is 13.3. The van der Waals surface area contributed by atoms with E-state index in [9.17, 15) is 8.42 Å². The number of halogens is 2. The summed E-state index contributed by atoms with van der Waals surface area (Å²) in [6, 6.07) is 6.72. The van der Waals surface area contributed by atoms with Gasteiger partial charge in [-0.25, -0.2) is 13.4 Å². The lowest BCUT2D eigenvalue weighted by atomic mass is 10.2. The zero-order valence-corrected chi connectivity index (χ0v) is 17.9. The van der Waals surface area contributed by atoms with E-state index in [4.69, 9.17) is 27.7 Å². The smallest absolute Gasteiger partial charge is 0.252 e. The lowest BCUT2D eigenvalue weighted by Crippen LogP contribution is -2.48. The summed E-state index contributed by atoms with van der Waals surface area (Å²) in [6.45, 7) is 3.52. The third-order valence-corrected chi connectivity index (χ3v) is 8.29. The molecule has 0 saturated carbocycles. The van der Waals surface area contributed by atoms with E-state index in [1.165, 1.54) is 10.4 Å². The second kappa shape index (κ2) is 7.64. The average Bonchev–Trinajstić information content (AvgIpc) is 3.30. The van der Waals surface area contributed by atoms with Crippen molar-refractivity contribution >= 4 is 50.4 Å². The summed E-state index contributed by atoms with van der Waals surface area (Å²) < 4.78 is 32.8. The first-order valence-electron chi connectivity index (χ1n) is 8.44. The number of nitrogens with zero attached hydrogens (tertiary/aromatic N) is 4. The standard InChI is InChI=1S/C17H16Cl2N4O3S2/c1-11-8-14(26-21-11)12-9-13(18)17(20-10-12)22-4-6-23(7-5-22)28(24,25)16-3-2-15(19)27-16/h2-3,8-10H,4-7H2,1H3. The van der Waals surface area contributed by atoms with Crippen molar-refractivity contribution in [2.45, 2.75) is 11.1 Å². The van der Waals surface area contributed by atoms with E-state index >= 15 is 0 Å². The molecule has 1 fully saturated rings. The highest BCUT2D eigenvalue weighted by Crippen LogP contribution is 2.32. The molecule has 4 rings (SSSR count).